The standard InChI is InChI=1S/C27H31FN4O2/c28-23-6-8-25(9-7-23)31-12-14-32(15-13-31)27(33)17-21-10-11-29-19-22(21)16-24-18-26(34-30-24)20-4-2-1-3-5-20/h1-9,18,21-22,29H,10-17,19H2/t21-,22+/m0/s1. The molecule has 5 rings (SSSR count). The number of hydrogen-bond donors (Lipinski definition) is 1. The molecule has 2 saturated heterocycles. The number of nitrogens with one attached hydrogen (secondary N) is 1. The largest absolute Gasteiger partial charge is 0.368 e. The van der Waals surface area contributed by atoms with Gasteiger partial charge in [0.15, 0.2) is 5.76 Å². The Hall–Kier alpha value is -3.19. The van der Waals surface area contributed by atoms with Crippen LogP contribution in [0, 0.1) is 17.7 Å². The van der Waals surface area contributed by atoms with Crippen molar-refractivity contribution in [1.82, 2.24) is 15.4 Å². The molecule has 6 nitrogen and oxygen atoms in total. The Kier molecular flexibility index (Phi) is 6.90. The molecule has 0 saturated carbocycles. The Labute approximate surface area is 199 Å². The van der Waals surface area contributed by atoms with E-state index in [1.54, 1.807) is 12.1 Å². The summed E-state index contributed by atoms with van der Waals surface area (Å²) >= 11 is 0. The molecular weight excluding hydrogens is 431 g/mol. The van der Waals surface area contributed by atoms with Crippen molar-refractivity contribution in [3.8, 4) is 11.3 Å². The summed E-state index contributed by atoms with van der Waals surface area (Å²) in [7, 11) is 0. The van der Waals surface area contributed by atoms with E-state index in [9.17, 15) is 9.18 Å². The molecular formula is C27H31FN4O2. The number of piperidine rings is 1. The fourth-order valence-electron chi connectivity index (χ4n) is 5.12. The van der Waals surface area contributed by atoms with Crippen LogP contribution >= 0.6 is 0 Å². The zero-order valence-electron chi connectivity index (χ0n) is 19.3. The average molecular weight is 463 g/mol. The van der Waals surface area contributed by atoms with Gasteiger partial charge in [0.05, 0.1) is 5.69 Å². The van der Waals surface area contributed by atoms with Crippen molar-refractivity contribution in [2.24, 2.45) is 11.8 Å². The highest BCUT2D eigenvalue weighted by atomic mass is 19.1. The van der Waals surface area contributed by atoms with Crippen molar-refractivity contribution in [2.75, 3.05) is 44.2 Å². The molecule has 1 N–H and O–H groups in total. The number of hydrogen-bond acceptors (Lipinski definition) is 5. The summed E-state index contributed by atoms with van der Waals surface area (Å²) in [5.41, 5.74) is 2.97. The number of halogens is 1. The first-order valence-corrected chi connectivity index (χ1v) is 12.2. The van der Waals surface area contributed by atoms with Gasteiger partial charge in [-0.3, -0.25) is 4.79 Å². The average Bonchev–Trinajstić information content (AvgIpc) is 3.35. The lowest BCUT2D eigenvalue weighted by molar-refractivity contribution is -0.133. The molecule has 2 atom stereocenters. The summed E-state index contributed by atoms with van der Waals surface area (Å²) in [5, 5.41) is 7.79. The van der Waals surface area contributed by atoms with Crippen LogP contribution in [0.15, 0.2) is 65.2 Å². The molecule has 178 valence electrons. The van der Waals surface area contributed by atoms with E-state index in [1.807, 2.05) is 41.3 Å². The number of carbonyl (C=O) groups excluding carboxylic acids is 1. The van der Waals surface area contributed by atoms with Gasteiger partial charge in [-0.25, -0.2) is 4.39 Å². The van der Waals surface area contributed by atoms with E-state index in [1.165, 1.54) is 12.1 Å². The van der Waals surface area contributed by atoms with Crippen LogP contribution in [0.1, 0.15) is 18.5 Å². The first-order valence-electron chi connectivity index (χ1n) is 12.2. The summed E-state index contributed by atoms with van der Waals surface area (Å²) in [6.45, 7) is 4.79. The zero-order valence-corrected chi connectivity index (χ0v) is 19.3. The highest BCUT2D eigenvalue weighted by Crippen LogP contribution is 2.29. The van der Waals surface area contributed by atoms with E-state index in [-0.39, 0.29) is 11.7 Å². The van der Waals surface area contributed by atoms with Crippen LogP contribution < -0.4 is 10.2 Å². The van der Waals surface area contributed by atoms with E-state index >= 15 is 0 Å². The molecule has 0 bridgehead atoms. The van der Waals surface area contributed by atoms with Crippen molar-refractivity contribution in [2.45, 2.75) is 19.3 Å². The molecule has 0 unspecified atom stereocenters. The summed E-state index contributed by atoms with van der Waals surface area (Å²) < 4.78 is 18.8. The normalized spacial score (nSPS) is 21.0. The molecule has 3 aromatic rings. The summed E-state index contributed by atoms with van der Waals surface area (Å²) in [6.07, 6.45) is 2.38. The number of rotatable bonds is 6. The van der Waals surface area contributed by atoms with E-state index in [0.717, 1.165) is 61.7 Å². The van der Waals surface area contributed by atoms with Crippen molar-refractivity contribution < 1.29 is 13.7 Å². The molecule has 1 amide bonds. The molecule has 0 aliphatic carbocycles. The number of amides is 1. The third-order valence-corrected chi connectivity index (χ3v) is 7.11. The van der Waals surface area contributed by atoms with Crippen LogP contribution in [-0.2, 0) is 11.2 Å². The minimum Gasteiger partial charge on any atom is -0.368 e. The lowest BCUT2D eigenvalue weighted by atomic mass is 9.81. The van der Waals surface area contributed by atoms with Gasteiger partial charge in [-0.2, -0.15) is 0 Å². The van der Waals surface area contributed by atoms with Crippen LogP contribution in [0.25, 0.3) is 11.3 Å². The Balaban J connectivity index is 1.16. The molecule has 0 spiro atoms. The fourth-order valence-corrected chi connectivity index (χ4v) is 5.12. The SMILES string of the molecule is O=C(C[C@@H]1CCNC[C@H]1Cc1cc(-c2ccccc2)on1)N1CCN(c2ccc(F)cc2)CC1. The first kappa shape index (κ1) is 22.6. The number of piperazine rings is 1. The van der Waals surface area contributed by atoms with Crippen molar-refractivity contribution in [3.05, 3.63) is 72.2 Å². The van der Waals surface area contributed by atoms with Gasteiger partial charge >= 0.3 is 0 Å². The van der Waals surface area contributed by atoms with Gasteiger partial charge in [0.1, 0.15) is 5.82 Å². The van der Waals surface area contributed by atoms with Crippen molar-refractivity contribution >= 4 is 11.6 Å². The highest BCUT2D eigenvalue weighted by Gasteiger charge is 2.30. The second-order valence-corrected chi connectivity index (χ2v) is 9.31. The van der Waals surface area contributed by atoms with Crippen molar-refractivity contribution in [3.63, 3.8) is 0 Å². The number of anilines is 1. The monoisotopic (exact) mass is 462 g/mol. The molecule has 2 aromatic carbocycles. The van der Waals surface area contributed by atoms with Crippen molar-refractivity contribution in [1.29, 1.82) is 0 Å². The smallest absolute Gasteiger partial charge is 0.222 e. The predicted molar refractivity (Wildman–Crippen MR) is 130 cm³/mol. The molecule has 34 heavy (non-hydrogen) atoms. The Morgan fingerprint density at radius 2 is 1.79 bits per heavy atom. The number of carbonyl (C=O) groups is 1. The minimum absolute atomic E-state index is 0.226. The number of aromatic nitrogens is 1. The molecule has 3 heterocycles. The van der Waals surface area contributed by atoms with Gasteiger partial charge in [0.25, 0.3) is 0 Å². The third-order valence-electron chi connectivity index (χ3n) is 7.11. The molecule has 0 radical (unpaired) electrons. The molecule has 7 heteroatoms. The van der Waals surface area contributed by atoms with Gasteiger partial charge in [-0.15, -0.1) is 0 Å². The van der Waals surface area contributed by atoms with Crippen LogP contribution in [0.4, 0.5) is 10.1 Å². The highest BCUT2D eigenvalue weighted by molar-refractivity contribution is 5.77. The Morgan fingerprint density at radius 3 is 2.56 bits per heavy atom. The maximum atomic E-state index is 13.2. The van der Waals surface area contributed by atoms with Gasteiger partial charge in [-0.05, 0) is 62.0 Å². The number of nitrogens with zero attached hydrogens (tertiary/aromatic N) is 3. The minimum atomic E-state index is -0.226. The van der Waals surface area contributed by atoms with Crippen LogP contribution in [0.2, 0.25) is 0 Å². The summed E-state index contributed by atoms with van der Waals surface area (Å²) in [5.74, 6) is 1.48. The van der Waals surface area contributed by atoms with E-state index in [0.29, 0.717) is 31.3 Å². The predicted octanol–water partition coefficient (Wildman–Crippen LogP) is 3.99. The molecule has 2 aliphatic rings. The molecule has 2 aliphatic heterocycles. The lowest BCUT2D eigenvalue weighted by Crippen LogP contribution is -2.50. The summed E-state index contributed by atoms with van der Waals surface area (Å²) in [6, 6.07) is 18.6. The quantitative estimate of drug-likeness (QED) is 0.600. The van der Waals surface area contributed by atoms with Crippen LogP contribution in [0.5, 0.6) is 0 Å². The topological polar surface area (TPSA) is 61.6 Å². The second-order valence-electron chi connectivity index (χ2n) is 9.31. The lowest BCUT2D eigenvalue weighted by Gasteiger charge is -2.38. The van der Waals surface area contributed by atoms with Gasteiger partial charge in [-0.1, -0.05) is 35.5 Å². The van der Waals surface area contributed by atoms with E-state index in [4.69, 9.17) is 4.52 Å². The maximum Gasteiger partial charge on any atom is 0.222 e. The third kappa shape index (κ3) is 5.30. The first-order chi connectivity index (χ1) is 16.7. The molecule has 1 aromatic heterocycles. The number of benzene rings is 2. The second kappa shape index (κ2) is 10.4. The fraction of sp³-hybridized carbons (Fsp3) is 0.407. The van der Waals surface area contributed by atoms with Gasteiger partial charge in [0.2, 0.25) is 5.91 Å². The van der Waals surface area contributed by atoms with Gasteiger partial charge < -0.3 is 19.6 Å². The zero-order chi connectivity index (χ0) is 23.3. The summed E-state index contributed by atoms with van der Waals surface area (Å²) in [4.78, 5) is 17.3. The Morgan fingerprint density at radius 1 is 1.03 bits per heavy atom. The van der Waals surface area contributed by atoms with Crippen LogP contribution in [0.3, 0.4) is 0 Å². The Bertz CT molecular complexity index is 1080. The van der Waals surface area contributed by atoms with E-state index < -0.39 is 0 Å². The van der Waals surface area contributed by atoms with E-state index in [2.05, 4.69) is 15.4 Å². The van der Waals surface area contributed by atoms with Gasteiger partial charge in [0, 0.05) is 49.9 Å². The maximum absolute atomic E-state index is 13.2. The molecule has 2 fully saturated rings. The van der Waals surface area contributed by atoms with Crippen LogP contribution in [-0.4, -0.2) is 55.2 Å².